The average Bonchev–Trinajstić information content (AvgIpc) is 2.88. The molecule has 37 heavy (non-hydrogen) atoms. The van der Waals surface area contributed by atoms with Gasteiger partial charge in [-0.15, -0.1) is 0 Å². The number of likely N-dealkylation sites (tertiary alicyclic amines) is 1. The summed E-state index contributed by atoms with van der Waals surface area (Å²) in [5.74, 6) is -2.04. The summed E-state index contributed by atoms with van der Waals surface area (Å²) in [6.07, 6.45) is 1.98. The van der Waals surface area contributed by atoms with E-state index in [0.717, 1.165) is 31.5 Å². The van der Waals surface area contributed by atoms with Gasteiger partial charge in [-0.1, -0.05) is 42.5 Å². The molecule has 0 spiro atoms. The summed E-state index contributed by atoms with van der Waals surface area (Å²) in [5.41, 5.74) is 2.18. The molecule has 1 aliphatic heterocycles. The van der Waals surface area contributed by atoms with Gasteiger partial charge in [-0.3, -0.25) is 4.79 Å². The average molecular weight is 507 g/mol. The Morgan fingerprint density at radius 1 is 0.946 bits per heavy atom. The number of phenols is 1. The van der Waals surface area contributed by atoms with Crippen molar-refractivity contribution in [2.24, 2.45) is 5.92 Å². The highest BCUT2D eigenvalue weighted by Gasteiger charge is 2.43. The lowest BCUT2D eigenvalue weighted by atomic mass is 9.67. The molecule has 1 N–H and O–H groups in total. The molecule has 4 rings (SSSR count). The van der Waals surface area contributed by atoms with Crippen LogP contribution < -0.4 is 0 Å². The van der Waals surface area contributed by atoms with Gasteiger partial charge in [-0.2, -0.15) is 0 Å². The van der Waals surface area contributed by atoms with Crippen molar-refractivity contribution in [3.8, 4) is 5.75 Å². The number of aromatic hydroxyl groups is 1. The minimum absolute atomic E-state index is 0.0198. The molecule has 0 saturated carbocycles. The molecule has 3 atom stereocenters. The van der Waals surface area contributed by atoms with Crippen LogP contribution in [0.15, 0.2) is 66.7 Å². The van der Waals surface area contributed by atoms with Gasteiger partial charge >= 0.3 is 0 Å². The number of piperidine rings is 1. The number of unbranched alkanes of at least 4 members (excludes halogenated alkanes) is 1. The molecule has 3 aromatic carbocycles. The van der Waals surface area contributed by atoms with Crippen LogP contribution in [0, 0.1) is 24.5 Å². The summed E-state index contributed by atoms with van der Waals surface area (Å²) in [5, 5.41) is 10.1. The molecule has 0 radical (unpaired) electrons. The Morgan fingerprint density at radius 2 is 1.65 bits per heavy atom. The Labute approximate surface area is 218 Å². The first kappa shape index (κ1) is 27.0. The van der Waals surface area contributed by atoms with Gasteiger partial charge in [-0.25, -0.2) is 8.78 Å². The Morgan fingerprint density at radius 3 is 2.38 bits per heavy atom. The number of ketones is 1. The SMILES string of the molecule is Cc1c(F)cccc1C1C(C(=O)c2cccc(O)c2)CN(CCCCN(C)C)CC1c1ccccc1F. The second-order valence-corrected chi connectivity index (χ2v) is 10.4. The van der Waals surface area contributed by atoms with Crippen molar-refractivity contribution in [2.75, 3.05) is 40.3 Å². The monoisotopic (exact) mass is 506 g/mol. The number of carbonyl (C=O) groups is 1. The van der Waals surface area contributed by atoms with Crippen molar-refractivity contribution >= 4 is 5.78 Å². The van der Waals surface area contributed by atoms with Crippen molar-refractivity contribution in [3.05, 3.63) is 101 Å². The predicted molar refractivity (Wildman–Crippen MR) is 143 cm³/mol. The lowest BCUT2D eigenvalue weighted by Crippen LogP contribution is -2.47. The number of Topliss-reactive ketones (excluding diaryl/α,β-unsaturated/α-hetero) is 1. The molecule has 1 saturated heterocycles. The smallest absolute Gasteiger partial charge is 0.167 e. The molecular formula is C31H36F2N2O2. The van der Waals surface area contributed by atoms with Crippen LogP contribution in [-0.2, 0) is 0 Å². The Hall–Kier alpha value is -3.09. The fraction of sp³-hybridized carbons (Fsp3) is 0.387. The molecule has 6 heteroatoms. The first-order valence-electron chi connectivity index (χ1n) is 13.0. The zero-order chi connectivity index (χ0) is 26.5. The van der Waals surface area contributed by atoms with Crippen molar-refractivity contribution in [3.63, 3.8) is 0 Å². The lowest BCUT2D eigenvalue weighted by molar-refractivity contribution is 0.0732. The molecule has 0 bridgehead atoms. The molecule has 4 nitrogen and oxygen atoms in total. The highest BCUT2D eigenvalue weighted by Crippen LogP contribution is 2.46. The summed E-state index contributed by atoms with van der Waals surface area (Å²) >= 11 is 0. The van der Waals surface area contributed by atoms with Crippen molar-refractivity contribution in [2.45, 2.75) is 31.6 Å². The number of halogens is 2. The number of phenolic OH excluding ortho intramolecular Hbond substituents is 1. The van der Waals surface area contributed by atoms with Crippen LogP contribution in [0.5, 0.6) is 5.75 Å². The van der Waals surface area contributed by atoms with Gasteiger partial charge in [0.2, 0.25) is 0 Å². The number of nitrogens with zero attached hydrogens (tertiary/aromatic N) is 2. The highest BCUT2D eigenvalue weighted by atomic mass is 19.1. The number of hydrogen-bond acceptors (Lipinski definition) is 4. The van der Waals surface area contributed by atoms with Crippen molar-refractivity contribution < 1.29 is 18.7 Å². The van der Waals surface area contributed by atoms with Crippen LogP contribution in [0.3, 0.4) is 0 Å². The summed E-state index contributed by atoms with van der Waals surface area (Å²) < 4.78 is 30.0. The molecule has 3 aromatic rings. The van der Waals surface area contributed by atoms with E-state index < -0.39 is 11.8 Å². The summed E-state index contributed by atoms with van der Waals surface area (Å²) in [6, 6.07) is 18.0. The molecule has 3 unspecified atom stereocenters. The van der Waals surface area contributed by atoms with Crippen LogP contribution in [0.2, 0.25) is 0 Å². The van der Waals surface area contributed by atoms with Gasteiger partial charge in [0.1, 0.15) is 17.4 Å². The van der Waals surface area contributed by atoms with Gasteiger partial charge in [-0.05, 0) is 87.9 Å². The number of hydrogen-bond donors (Lipinski definition) is 1. The number of carbonyl (C=O) groups excluding carboxylic acids is 1. The van der Waals surface area contributed by atoms with E-state index in [1.54, 1.807) is 37.3 Å². The maximum atomic E-state index is 15.3. The molecule has 1 heterocycles. The van der Waals surface area contributed by atoms with E-state index in [1.165, 1.54) is 24.3 Å². The first-order valence-corrected chi connectivity index (χ1v) is 13.0. The van der Waals surface area contributed by atoms with Crippen LogP contribution in [-0.4, -0.2) is 61.0 Å². The van der Waals surface area contributed by atoms with E-state index in [9.17, 15) is 14.3 Å². The van der Waals surface area contributed by atoms with Crippen LogP contribution in [0.25, 0.3) is 0 Å². The van der Waals surface area contributed by atoms with Gasteiger partial charge in [0.05, 0.1) is 0 Å². The zero-order valence-corrected chi connectivity index (χ0v) is 21.8. The summed E-state index contributed by atoms with van der Waals surface area (Å²) in [7, 11) is 4.09. The Bertz CT molecular complexity index is 1230. The predicted octanol–water partition coefficient (Wildman–Crippen LogP) is 6.00. The molecular weight excluding hydrogens is 470 g/mol. The Kier molecular flexibility index (Phi) is 8.72. The second-order valence-electron chi connectivity index (χ2n) is 10.4. The van der Waals surface area contributed by atoms with Crippen molar-refractivity contribution in [1.29, 1.82) is 0 Å². The molecule has 1 fully saturated rings. The molecule has 0 aliphatic carbocycles. The fourth-order valence-corrected chi connectivity index (χ4v) is 5.69. The highest BCUT2D eigenvalue weighted by molar-refractivity contribution is 5.99. The normalized spacial score (nSPS) is 20.3. The number of benzene rings is 3. The first-order chi connectivity index (χ1) is 17.8. The number of rotatable bonds is 9. The third-order valence-corrected chi connectivity index (χ3v) is 7.55. The molecule has 1 aliphatic rings. The standard InChI is InChI=1S/C31H36F2N2O2/c1-21-24(13-9-15-28(21)32)30-26(25-12-4-5-14-29(25)33)19-35(17-7-6-16-34(2)3)20-27(30)31(37)22-10-8-11-23(36)18-22/h4-5,8-15,18,26-27,30,36H,6-7,16-17,19-20H2,1-3H3. The van der Waals surface area contributed by atoms with Gasteiger partial charge in [0.25, 0.3) is 0 Å². The van der Waals surface area contributed by atoms with Gasteiger partial charge in [0.15, 0.2) is 5.78 Å². The van der Waals surface area contributed by atoms with Gasteiger partial charge in [0, 0.05) is 36.4 Å². The van der Waals surface area contributed by atoms with E-state index in [2.05, 4.69) is 9.80 Å². The van der Waals surface area contributed by atoms with Crippen LogP contribution in [0.4, 0.5) is 8.78 Å². The van der Waals surface area contributed by atoms with Crippen molar-refractivity contribution in [1.82, 2.24) is 9.80 Å². The lowest BCUT2D eigenvalue weighted by Gasteiger charge is -2.44. The molecule has 0 aromatic heterocycles. The Balaban J connectivity index is 1.79. The minimum atomic E-state index is -0.533. The van der Waals surface area contributed by atoms with E-state index in [4.69, 9.17) is 0 Å². The largest absolute Gasteiger partial charge is 0.508 e. The van der Waals surface area contributed by atoms with Gasteiger partial charge < -0.3 is 14.9 Å². The fourth-order valence-electron chi connectivity index (χ4n) is 5.69. The van der Waals surface area contributed by atoms with E-state index in [1.807, 2.05) is 26.2 Å². The van der Waals surface area contributed by atoms with Crippen LogP contribution in [0.1, 0.15) is 51.7 Å². The quantitative estimate of drug-likeness (QED) is 0.285. The van der Waals surface area contributed by atoms with Crippen LogP contribution >= 0.6 is 0 Å². The second kappa shape index (κ2) is 12.0. The zero-order valence-electron chi connectivity index (χ0n) is 21.8. The molecule has 196 valence electrons. The van der Waals surface area contributed by atoms with E-state index in [0.29, 0.717) is 29.8 Å². The maximum Gasteiger partial charge on any atom is 0.167 e. The minimum Gasteiger partial charge on any atom is -0.508 e. The summed E-state index contributed by atoms with van der Waals surface area (Å²) in [6.45, 7) is 4.56. The molecule has 0 amide bonds. The third kappa shape index (κ3) is 6.25. The summed E-state index contributed by atoms with van der Waals surface area (Å²) in [4.78, 5) is 18.4. The van der Waals surface area contributed by atoms with E-state index >= 15 is 4.39 Å². The third-order valence-electron chi connectivity index (χ3n) is 7.55. The van der Waals surface area contributed by atoms with E-state index in [-0.39, 0.29) is 29.1 Å². The maximum absolute atomic E-state index is 15.3. The topological polar surface area (TPSA) is 43.8 Å².